The van der Waals surface area contributed by atoms with Gasteiger partial charge in [0.25, 0.3) is 10.0 Å². The van der Waals surface area contributed by atoms with Crippen LogP contribution in [0.1, 0.15) is 6.42 Å². The number of sulfonamides is 1. The van der Waals surface area contributed by atoms with Gasteiger partial charge < -0.3 is 5.32 Å². The molecule has 2 aromatic rings. The average Bonchev–Trinajstić information content (AvgIpc) is 3.10. The van der Waals surface area contributed by atoms with Crippen LogP contribution < -0.4 is 10.0 Å². The summed E-state index contributed by atoms with van der Waals surface area (Å²) >= 11 is 4.71. The second-order valence-corrected chi connectivity index (χ2v) is 8.24. The van der Waals surface area contributed by atoms with Gasteiger partial charge in [-0.3, -0.25) is 0 Å². The molecule has 1 aliphatic rings. The monoisotopic (exact) mass is 387 g/mol. The van der Waals surface area contributed by atoms with Crippen LogP contribution >= 0.6 is 27.3 Å². The van der Waals surface area contributed by atoms with Gasteiger partial charge in [0, 0.05) is 28.0 Å². The van der Waals surface area contributed by atoms with Crippen molar-refractivity contribution in [2.24, 2.45) is 0 Å². The van der Waals surface area contributed by atoms with Gasteiger partial charge in [-0.1, -0.05) is 28.1 Å². The summed E-state index contributed by atoms with van der Waals surface area (Å²) < 4.78 is 28.2. The summed E-state index contributed by atoms with van der Waals surface area (Å²) in [6.07, 6.45) is 0.808. The molecule has 5 nitrogen and oxygen atoms in total. The van der Waals surface area contributed by atoms with Gasteiger partial charge in [-0.05, 0) is 25.1 Å². The molecule has 3 rings (SSSR count). The van der Waals surface area contributed by atoms with Crippen molar-refractivity contribution in [2.45, 2.75) is 17.5 Å². The van der Waals surface area contributed by atoms with Gasteiger partial charge in [0.2, 0.25) is 0 Å². The van der Waals surface area contributed by atoms with Crippen molar-refractivity contribution < 1.29 is 8.42 Å². The summed E-state index contributed by atoms with van der Waals surface area (Å²) in [6, 6.07) is 7.59. The first-order chi connectivity index (χ1) is 10.0. The van der Waals surface area contributed by atoms with Crippen molar-refractivity contribution in [1.29, 1.82) is 0 Å². The first-order valence-corrected chi connectivity index (χ1v) is 9.65. The lowest BCUT2D eigenvalue weighted by atomic mass is 10.2. The minimum Gasteiger partial charge on any atom is -0.315 e. The molecule has 112 valence electrons. The zero-order valence-corrected chi connectivity index (χ0v) is 14.3. The second kappa shape index (κ2) is 6.13. The van der Waals surface area contributed by atoms with Crippen LogP contribution in [-0.2, 0) is 10.0 Å². The highest BCUT2D eigenvalue weighted by atomic mass is 79.9. The lowest BCUT2D eigenvalue weighted by Crippen LogP contribution is -2.36. The molecule has 21 heavy (non-hydrogen) atoms. The Balaban J connectivity index is 1.81. The van der Waals surface area contributed by atoms with E-state index in [0.29, 0.717) is 11.6 Å². The lowest BCUT2D eigenvalue weighted by molar-refractivity contribution is 0.557. The van der Waals surface area contributed by atoms with E-state index in [1.54, 1.807) is 5.38 Å². The zero-order valence-electron chi connectivity index (χ0n) is 11.0. The van der Waals surface area contributed by atoms with Crippen LogP contribution in [0.25, 0.3) is 10.6 Å². The van der Waals surface area contributed by atoms with E-state index >= 15 is 0 Å². The summed E-state index contributed by atoms with van der Waals surface area (Å²) in [7, 11) is -3.54. The molecule has 1 atom stereocenters. The van der Waals surface area contributed by atoms with Crippen molar-refractivity contribution in [3.05, 3.63) is 34.1 Å². The number of nitrogens with zero attached hydrogens (tertiary/aromatic N) is 1. The van der Waals surface area contributed by atoms with Gasteiger partial charge in [0.05, 0.1) is 0 Å². The number of hydrogen-bond acceptors (Lipinski definition) is 5. The van der Waals surface area contributed by atoms with Crippen LogP contribution in [0, 0.1) is 0 Å². The maximum absolute atomic E-state index is 12.3. The topological polar surface area (TPSA) is 71.1 Å². The molecule has 1 aliphatic heterocycles. The molecule has 1 fully saturated rings. The summed E-state index contributed by atoms with van der Waals surface area (Å²) in [5, 5.41) is 5.51. The van der Waals surface area contributed by atoms with Crippen LogP contribution in [-0.4, -0.2) is 32.5 Å². The van der Waals surface area contributed by atoms with E-state index in [4.69, 9.17) is 0 Å². The maximum atomic E-state index is 12.3. The Morgan fingerprint density at radius 1 is 1.33 bits per heavy atom. The molecule has 8 heteroatoms. The molecule has 0 saturated carbocycles. The number of aromatic nitrogens is 1. The van der Waals surface area contributed by atoms with Gasteiger partial charge in [-0.15, -0.1) is 11.3 Å². The number of hydrogen-bond donors (Lipinski definition) is 2. The number of thiazole rings is 1. The van der Waals surface area contributed by atoms with Gasteiger partial charge in [-0.25, -0.2) is 18.1 Å². The Bertz CT molecular complexity index is 722. The minimum absolute atomic E-state index is 0.0483. The molecule has 1 aromatic heterocycles. The van der Waals surface area contributed by atoms with Gasteiger partial charge in [0.15, 0.2) is 5.03 Å². The second-order valence-electron chi connectivity index (χ2n) is 4.81. The van der Waals surface area contributed by atoms with E-state index < -0.39 is 10.0 Å². The van der Waals surface area contributed by atoms with Crippen molar-refractivity contribution >= 4 is 37.3 Å². The molecule has 0 spiro atoms. The average molecular weight is 388 g/mol. The third kappa shape index (κ3) is 3.51. The first kappa shape index (κ1) is 15.1. The molecule has 1 saturated heterocycles. The third-order valence-corrected chi connectivity index (χ3v) is 6.20. The van der Waals surface area contributed by atoms with Crippen molar-refractivity contribution in [3.8, 4) is 10.6 Å². The fourth-order valence-corrected chi connectivity index (χ4v) is 4.78. The summed E-state index contributed by atoms with van der Waals surface area (Å²) in [4.78, 5) is 4.26. The van der Waals surface area contributed by atoms with Gasteiger partial charge in [0.1, 0.15) is 5.01 Å². The molecule has 2 N–H and O–H groups in total. The van der Waals surface area contributed by atoms with Crippen LogP contribution in [0.3, 0.4) is 0 Å². The van der Waals surface area contributed by atoms with E-state index in [0.717, 1.165) is 23.0 Å². The summed E-state index contributed by atoms with van der Waals surface area (Å²) in [5.41, 5.74) is 0.909. The van der Waals surface area contributed by atoms with Crippen LogP contribution in [0.5, 0.6) is 0 Å². The van der Waals surface area contributed by atoms with Gasteiger partial charge >= 0.3 is 0 Å². The smallest absolute Gasteiger partial charge is 0.259 e. The minimum atomic E-state index is -3.54. The normalized spacial score (nSPS) is 19.0. The van der Waals surface area contributed by atoms with E-state index in [-0.39, 0.29) is 11.1 Å². The molecular formula is C13H14BrN3O2S2. The Kier molecular flexibility index (Phi) is 4.41. The molecular weight excluding hydrogens is 374 g/mol. The largest absolute Gasteiger partial charge is 0.315 e. The number of rotatable bonds is 4. The van der Waals surface area contributed by atoms with Gasteiger partial charge in [-0.2, -0.15) is 0 Å². The van der Waals surface area contributed by atoms with Crippen LogP contribution in [0.4, 0.5) is 0 Å². The Hall–Kier alpha value is -0.800. The standard InChI is InChI=1S/C13H14BrN3O2S2/c14-10-3-1-9(2-4-10)13-16-12(8-20-13)21(18,19)17-11-5-6-15-7-11/h1-4,8,11,15,17H,5-7H2. The van der Waals surface area contributed by atoms with Crippen molar-refractivity contribution in [1.82, 2.24) is 15.0 Å². The van der Waals surface area contributed by atoms with E-state index in [9.17, 15) is 8.42 Å². The summed E-state index contributed by atoms with van der Waals surface area (Å²) in [5.74, 6) is 0. The van der Waals surface area contributed by atoms with E-state index in [1.165, 1.54) is 11.3 Å². The van der Waals surface area contributed by atoms with E-state index in [1.807, 2.05) is 24.3 Å². The highest BCUT2D eigenvalue weighted by molar-refractivity contribution is 9.10. The van der Waals surface area contributed by atoms with Crippen LogP contribution in [0.15, 0.2) is 39.1 Å². The number of halogens is 1. The Labute approximate surface area is 136 Å². The van der Waals surface area contributed by atoms with Crippen molar-refractivity contribution in [3.63, 3.8) is 0 Å². The molecule has 0 aliphatic carbocycles. The maximum Gasteiger partial charge on any atom is 0.259 e. The number of benzene rings is 1. The number of nitrogens with one attached hydrogen (secondary N) is 2. The van der Waals surface area contributed by atoms with E-state index in [2.05, 4.69) is 31.0 Å². The molecule has 0 amide bonds. The predicted octanol–water partition coefficient (Wildman–Crippen LogP) is 2.21. The lowest BCUT2D eigenvalue weighted by Gasteiger charge is -2.09. The third-order valence-electron chi connectivity index (χ3n) is 3.23. The Morgan fingerprint density at radius 2 is 2.10 bits per heavy atom. The van der Waals surface area contributed by atoms with Crippen LogP contribution in [0.2, 0.25) is 0 Å². The first-order valence-electron chi connectivity index (χ1n) is 6.49. The fourth-order valence-electron chi connectivity index (χ4n) is 2.14. The summed E-state index contributed by atoms with van der Waals surface area (Å²) in [6.45, 7) is 1.51. The highest BCUT2D eigenvalue weighted by Gasteiger charge is 2.24. The molecule has 1 aromatic carbocycles. The Morgan fingerprint density at radius 3 is 2.76 bits per heavy atom. The quantitative estimate of drug-likeness (QED) is 0.843. The molecule has 0 bridgehead atoms. The predicted molar refractivity (Wildman–Crippen MR) is 86.8 cm³/mol. The molecule has 1 unspecified atom stereocenters. The zero-order chi connectivity index (χ0) is 14.9. The van der Waals surface area contributed by atoms with Crippen molar-refractivity contribution in [2.75, 3.05) is 13.1 Å². The SMILES string of the molecule is O=S(=O)(NC1CCNC1)c1csc(-c2ccc(Br)cc2)n1. The highest BCUT2D eigenvalue weighted by Crippen LogP contribution is 2.26. The fraction of sp³-hybridized carbons (Fsp3) is 0.308. The molecule has 2 heterocycles. The molecule has 0 radical (unpaired) electrons.